The van der Waals surface area contributed by atoms with E-state index in [9.17, 15) is 18.7 Å². The molecule has 4 atom stereocenters. The van der Waals surface area contributed by atoms with Crippen LogP contribution in [0.1, 0.15) is 56.2 Å². The van der Waals surface area contributed by atoms with Crippen LogP contribution in [-0.2, 0) is 16.0 Å². The third-order valence-corrected chi connectivity index (χ3v) is 7.66. The second kappa shape index (κ2) is 10.9. The van der Waals surface area contributed by atoms with Crippen LogP contribution >= 0.6 is 0 Å². The molecule has 2 aromatic rings. The van der Waals surface area contributed by atoms with Crippen LogP contribution in [0.15, 0.2) is 36.4 Å². The lowest BCUT2D eigenvalue weighted by Crippen LogP contribution is -2.52. The Morgan fingerprint density at radius 3 is 2.62 bits per heavy atom. The molecule has 0 unspecified atom stereocenters. The fourth-order valence-corrected chi connectivity index (χ4v) is 5.64. The molecule has 7 nitrogen and oxygen atoms in total. The van der Waals surface area contributed by atoms with Gasteiger partial charge in [-0.1, -0.05) is 0 Å². The van der Waals surface area contributed by atoms with Gasteiger partial charge in [0.05, 0.1) is 24.8 Å². The number of nitrogens with one attached hydrogen (secondary N) is 3. The van der Waals surface area contributed by atoms with Gasteiger partial charge in [-0.25, -0.2) is 8.78 Å². The van der Waals surface area contributed by atoms with Gasteiger partial charge in [-0.05, 0) is 68.0 Å². The Kier molecular flexibility index (Phi) is 7.65. The summed E-state index contributed by atoms with van der Waals surface area (Å²) in [6.07, 6.45) is 3.98. The average molecular weight is 516 g/mol. The zero-order chi connectivity index (χ0) is 26.0. The van der Waals surface area contributed by atoms with Crippen molar-refractivity contribution in [3.63, 3.8) is 0 Å². The van der Waals surface area contributed by atoms with Gasteiger partial charge in [-0.15, -0.1) is 0 Å². The van der Waals surface area contributed by atoms with Gasteiger partial charge in [-0.2, -0.15) is 0 Å². The van der Waals surface area contributed by atoms with E-state index in [1.165, 1.54) is 19.1 Å². The highest BCUT2D eigenvalue weighted by atomic mass is 19.1. The Morgan fingerprint density at radius 2 is 1.97 bits per heavy atom. The van der Waals surface area contributed by atoms with E-state index in [2.05, 4.69) is 22.0 Å². The topological polar surface area (TPSA) is 91.9 Å². The van der Waals surface area contributed by atoms with E-state index in [-0.39, 0.29) is 36.6 Å². The van der Waals surface area contributed by atoms with Crippen LogP contribution in [0.4, 0.5) is 14.5 Å². The normalized spacial score (nSPS) is 23.5. The van der Waals surface area contributed by atoms with E-state index in [1.807, 2.05) is 12.1 Å². The Morgan fingerprint density at radius 1 is 1.19 bits per heavy atom. The maximum atomic E-state index is 13.7. The third kappa shape index (κ3) is 6.22. The molecule has 0 bridgehead atoms. The van der Waals surface area contributed by atoms with Crippen molar-refractivity contribution in [1.29, 1.82) is 0 Å². The summed E-state index contributed by atoms with van der Waals surface area (Å²) < 4.78 is 39.4. The highest BCUT2D eigenvalue weighted by molar-refractivity contribution is 5.73. The second-order valence-corrected chi connectivity index (χ2v) is 10.6. The van der Waals surface area contributed by atoms with Gasteiger partial charge in [-0.3, -0.25) is 4.79 Å². The van der Waals surface area contributed by atoms with Gasteiger partial charge in [0.2, 0.25) is 5.91 Å². The van der Waals surface area contributed by atoms with Crippen molar-refractivity contribution in [3.05, 3.63) is 59.2 Å². The van der Waals surface area contributed by atoms with Crippen molar-refractivity contribution >= 4 is 11.6 Å². The molecule has 9 heteroatoms. The fraction of sp³-hybridized carbons (Fsp3) is 0.536. The molecular formula is C28H35F2N3O4. The van der Waals surface area contributed by atoms with E-state index in [0.29, 0.717) is 12.2 Å². The first-order chi connectivity index (χ1) is 17.8. The number of amides is 1. The first-order valence-corrected chi connectivity index (χ1v) is 13.1. The number of carbonyl (C=O) groups excluding carboxylic acids is 1. The molecule has 0 aromatic heterocycles. The number of hydrogen-bond acceptors (Lipinski definition) is 6. The lowest BCUT2D eigenvalue weighted by atomic mass is 9.73. The molecule has 1 spiro atoms. The molecule has 1 aliphatic carbocycles. The molecule has 4 N–H and O–H groups in total. The van der Waals surface area contributed by atoms with Gasteiger partial charge in [0, 0.05) is 49.9 Å². The highest BCUT2D eigenvalue weighted by Crippen LogP contribution is 2.49. The van der Waals surface area contributed by atoms with Crippen LogP contribution in [-0.4, -0.2) is 54.6 Å². The van der Waals surface area contributed by atoms with Gasteiger partial charge >= 0.3 is 0 Å². The van der Waals surface area contributed by atoms with Gasteiger partial charge in [0.15, 0.2) is 0 Å². The SMILES string of the molecule is CC(=O)N[C@@H](Cc1cc(F)cc(F)c1)[C@H](O)CN[C@H]1CC2(CCC2)Oc2ccc(N[C@@H]3CCOC3)cc21. The van der Waals surface area contributed by atoms with Crippen molar-refractivity contribution in [2.45, 2.75) is 75.3 Å². The molecule has 2 aromatic carbocycles. The number of carbonyl (C=O) groups is 1. The predicted octanol–water partition coefficient (Wildman–Crippen LogP) is 3.61. The van der Waals surface area contributed by atoms with Crippen LogP contribution in [0.25, 0.3) is 0 Å². The molecule has 2 aliphatic heterocycles. The molecule has 200 valence electrons. The average Bonchev–Trinajstić information content (AvgIpc) is 3.33. The van der Waals surface area contributed by atoms with Crippen molar-refractivity contribution in [2.24, 2.45) is 0 Å². The molecule has 5 rings (SSSR count). The molecule has 1 saturated carbocycles. The molecular weight excluding hydrogens is 480 g/mol. The van der Waals surface area contributed by atoms with Crippen molar-refractivity contribution in [3.8, 4) is 5.75 Å². The number of halogens is 2. The minimum atomic E-state index is -0.976. The molecule has 37 heavy (non-hydrogen) atoms. The van der Waals surface area contributed by atoms with Crippen LogP contribution in [0.2, 0.25) is 0 Å². The summed E-state index contributed by atoms with van der Waals surface area (Å²) in [7, 11) is 0. The lowest BCUT2D eigenvalue weighted by molar-refractivity contribution is -0.120. The van der Waals surface area contributed by atoms with Gasteiger partial charge in [0.25, 0.3) is 0 Å². The van der Waals surface area contributed by atoms with E-state index < -0.39 is 23.8 Å². The number of fused-ring (bicyclic) bond motifs is 1. The summed E-state index contributed by atoms with van der Waals surface area (Å²) in [5.41, 5.74) is 2.20. The van der Waals surface area contributed by atoms with Crippen LogP contribution in [0.5, 0.6) is 5.75 Å². The Hall–Kier alpha value is -2.75. The van der Waals surface area contributed by atoms with Crippen molar-refractivity contribution in [2.75, 3.05) is 25.1 Å². The smallest absolute Gasteiger partial charge is 0.217 e. The van der Waals surface area contributed by atoms with Crippen LogP contribution in [0.3, 0.4) is 0 Å². The van der Waals surface area contributed by atoms with Crippen LogP contribution in [0, 0.1) is 11.6 Å². The number of aliphatic hydroxyl groups is 1. The minimum Gasteiger partial charge on any atom is -0.487 e. The Balaban J connectivity index is 1.30. The summed E-state index contributed by atoms with van der Waals surface area (Å²) >= 11 is 0. The number of rotatable bonds is 9. The largest absolute Gasteiger partial charge is 0.487 e. The summed E-state index contributed by atoms with van der Waals surface area (Å²) in [4.78, 5) is 11.8. The molecule has 1 saturated heterocycles. The standard InChI is InChI=1S/C28H35F2N3O4/c1-17(34)32-24(11-18-9-19(29)12-20(30)10-18)26(35)15-31-25-14-28(6-2-7-28)37-27-4-3-21(13-23(25)27)33-22-5-8-36-16-22/h3-4,9-10,12-13,22,24-26,31,33,35H,2,5-8,11,14-16H2,1H3,(H,32,34)/t22-,24+,25+,26-/m1/s1. The first-order valence-electron chi connectivity index (χ1n) is 13.1. The fourth-order valence-electron chi connectivity index (χ4n) is 5.64. The molecule has 2 fully saturated rings. The van der Waals surface area contributed by atoms with E-state index in [1.54, 1.807) is 0 Å². The predicted molar refractivity (Wildman–Crippen MR) is 136 cm³/mol. The molecule has 3 aliphatic rings. The quantitative estimate of drug-likeness (QED) is 0.408. The number of hydrogen-bond donors (Lipinski definition) is 4. The summed E-state index contributed by atoms with van der Waals surface area (Å²) in [5.74, 6) is -0.859. The number of aliphatic hydroxyl groups excluding tert-OH is 1. The van der Waals surface area contributed by atoms with Crippen LogP contribution < -0.4 is 20.7 Å². The number of ether oxygens (including phenoxy) is 2. The number of benzene rings is 2. The summed E-state index contributed by atoms with van der Waals surface area (Å²) in [6.45, 7) is 2.99. The first kappa shape index (κ1) is 25.9. The van der Waals surface area contributed by atoms with Crippen molar-refractivity contribution in [1.82, 2.24) is 10.6 Å². The zero-order valence-corrected chi connectivity index (χ0v) is 21.1. The third-order valence-electron chi connectivity index (χ3n) is 7.66. The molecule has 1 amide bonds. The summed E-state index contributed by atoms with van der Waals surface area (Å²) in [5, 5.41) is 20.8. The maximum absolute atomic E-state index is 13.7. The molecule has 0 radical (unpaired) electrons. The second-order valence-electron chi connectivity index (χ2n) is 10.6. The summed E-state index contributed by atoms with van der Waals surface area (Å²) in [6, 6.07) is 8.90. The zero-order valence-electron chi connectivity index (χ0n) is 21.1. The Labute approximate surface area is 215 Å². The monoisotopic (exact) mass is 515 g/mol. The maximum Gasteiger partial charge on any atom is 0.217 e. The van der Waals surface area contributed by atoms with E-state index in [0.717, 1.165) is 61.8 Å². The number of anilines is 1. The minimum absolute atomic E-state index is 0.0510. The van der Waals surface area contributed by atoms with Gasteiger partial charge < -0.3 is 30.5 Å². The Bertz CT molecular complexity index is 1100. The highest BCUT2D eigenvalue weighted by Gasteiger charge is 2.45. The lowest BCUT2D eigenvalue weighted by Gasteiger charge is -2.48. The van der Waals surface area contributed by atoms with E-state index >= 15 is 0 Å². The van der Waals surface area contributed by atoms with E-state index in [4.69, 9.17) is 9.47 Å². The van der Waals surface area contributed by atoms with Crippen molar-refractivity contribution < 1.29 is 28.2 Å². The molecule has 2 heterocycles. The van der Waals surface area contributed by atoms with Gasteiger partial charge in [0.1, 0.15) is 23.0 Å².